The van der Waals surface area contributed by atoms with Gasteiger partial charge in [-0.1, -0.05) is 27.5 Å². The third-order valence-electron chi connectivity index (χ3n) is 4.62. The van der Waals surface area contributed by atoms with Crippen molar-refractivity contribution in [2.45, 2.75) is 12.8 Å². The molecular weight excluding hydrogens is 489 g/mol. The molecule has 3 rings (SSSR count). The molecule has 1 heterocycles. The first kappa shape index (κ1) is 23.0. The zero-order valence-corrected chi connectivity index (χ0v) is 19.0. The van der Waals surface area contributed by atoms with E-state index in [-0.39, 0.29) is 37.1 Å². The second-order valence-corrected chi connectivity index (χ2v) is 8.20. The molecule has 1 aromatic heterocycles. The van der Waals surface area contributed by atoms with Gasteiger partial charge in [0.1, 0.15) is 18.2 Å². The fourth-order valence-corrected chi connectivity index (χ4v) is 3.51. The summed E-state index contributed by atoms with van der Waals surface area (Å²) < 4.78 is 19.4. The van der Waals surface area contributed by atoms with Gasteiger partial charge in [0, 0.05) is 34.5 Å². The maximum Gasteiger partial charge on any atom is 0.412 e. The average molecular weight is 509 g/mol. The van der Waals surface area contributed by atoms with Gasteiger partial charge >= 0.3 is 6.09 Å². The summed E-state index contributed by atoms with van der Waals surface area (Å²) in [5.41, 5.74) is 0.885. The van der Waals surface area contributed by atoms with Gasteiger partial charge in [-0.05, 0) is 59.8 Å². The lowest BCUT2D eigenvalue weighted by molar-refractivity contribution is -0.130. The van der Waals surface area contributed by atoms with E-state index in [4.69, 9.17) is 16.3 Å². The van der Waals surface area contributed by atoms with Crippen molar-refractivity contribution in [1.82, 2.24) is 9.88 Å². The molecule has 0 saturated carbocycles. The number of anilines is 1. The van der Waals surface area contributed by atoms with Crippen molar-refractivity contribution in [3.63, 3.8) is 0 Å². The summed E-state index contributed by atoms with van der Waals surface area (Å²) in [5, 5.41) is 4.48. The number of rotatable bonds is 7. The molecule has 0 atom stereocenters. The molecule has 31 heavy (non-hydrogen) atoms. The Kier molecular flexibility index (Phi) is 7.81. The highest BCUT2D eigenvalue weighted by molar-refractivity contribution is 9.10. The summed E-state index contributed by atoms with van der Waals surface area (Å²) >= 11 is 9.54. The number of aromatic nitrogens is 1. The van der Waals surface area contributed by atoms with Gasteiger partial charge in [-0.15, -0.1) is 0 Å². The molecule has 0 aliphatic carbocycles. The molecule has 0 bridgehead atoms. The Bertz CT molecular complexity index is 1110. The molecular formula is C22H20BrClFN3O3. The van der Waals surface area contributed by atoms with Gasteiger partial charge in [-0.3, -0.25) is 10.1 Å². The fourth-order valence-electron chi connectivity index (χ4n) is 2.89. The molecule has 0 spiro atoms. The molecule has 2 amide bonds. The van der Waals surface area contributed by atoms with Crippen molar-refractivity contribution in [3.8, 4) is 0 Å². The van der Waals surface area contributed by atoms with Crippen molar-refractivity contribution >= 4 is 56.1 Å². The topological polar surface area (TPSA) is 71.5 Å². The van der Waals surface area contributed by atoms with E-state index in [1.807, 2.05) is 12.1 Å². The smallest absolute Gasteiger partial charge is 0.412 e. The van der Waals surface area contributed by atoms with Gasteiger partial charge in [-0.25, -0.2) is 14.2 Å². The number of amides is 2. The van der Waals surface area contributed by atoms with E-state index >= 15 is 0 Å². The number of likely N-dealkylation sites (N-methyl/N-ethyl adjacent to an activating group) is 1. The predicted molar refractivity (Wildman–Crippen MR) is 122 cm³/mol. The van der Waals surface area contributed by atoms with Gasteiger partial charge < -0.3 is 9.64 Å². The highest BCUT2D eigenvalue weighted by Gasteiger charge is 2.12. The maximum atomic E-state index is 13.4. The van der Waals surface area contributed by atoms with E-state index in [9.17, 15) is 14.0 Å². The van der Waals surface area contributed by atoms with Crippen LogP contribution >= 0.6 is 27.5 Å². The van der Waals surface area contributed by atoms with Crippen LogP contribution in [0.3, 0.4) is 0 Å². The maximum absolute atomic E-state index is 13.4. The number of halogens is 3. The number of carbonyl (C=O) groups excluding carboxylic acids is 2. The molecule has 0 radical (unpaired) electrons. The highest BCUT2D eigenvalue weighted by Crippen LogP contribution is 2.22. The minimum absolute atomic E-state index is 0.0218. The van der Waals surface area contributed by atoms with Crippen molar-refractivity contribution in [2.75, 3.05) is 25.5 Å². The number of pyridine rings is 1. The molecule has 0 aliphatic rings. The molecule has 0 fully saturated rings. The van der Waals surface area contributed by atoms with Crippen molar-refractivity contribution in [1.29, 1.82) is 0 Å². The van der Waals surface area contributed by atoms with E-state index in [1.54, 1.807) is 25.2 Å². The molecule has 162 valence electrons. The van der Waals surface area contributed by atoms with Crippen LogP contribution in [0.4, 0.5) is 15.0 Å². The Hall–Kier alpha value is -2.71. The van der Waals surface area contributed by atoms with E-state index in [0.717, 1.165) is 15.4 Å². The largest absolute Gasteiger partial charge is 0.447 e. The van der Waals surface area contributed by atoms with Crippen LogP contribution in [-0.2, 0) is 16.0 Å². The van der Waals surface area contributed by atoms with Crippen molar-refractivity contribution in [2.24, 2.45) is 0 Å². The van der Waals surface area contributed by atoms with Crippen LogP contribution in [0.15, 0.2) is 53.1 Å². The monoisotopic (exact) mass is 507 g/mol. The number of hydrogen-bond acceptors (Lipinski definition) is 4. The zero-order chi connectivity index (χ0) is 22.4. The first-order chi connectivity index (χ1) is 14.8. The lowest BCUT2D eigenvalue weighted by Crippen LogP contribution is -2.31. The standard InChI is InChI=1S/C22H20BrClFN3O3/c1-28(21(29)7-3-14-10-17(23)4-6-19(14)24)8-9-31-22(30)27-20-12-16-11-18(25)5-2-15(16)13-26-20/h2,4-6,10-13H,3,7-9H2,1H3,(H,26,27,30). The second kappa shape index (κ2) is 10.5. The van der Waals surface area contributed by atoms with Crippen LogP contribution in [0.25, 0.3) is 10.8 Å². The molecule has 0 aliphatic heterocycles. The molecule has 9 heteroatoms. The molecule has 3 aromatic rings. The Balaban J connectivity index is 1.43. The summed E-state index contributed by atoms with van der Waals surface area (Å²) in [7, 11) is 1.64. The minimum Gasteiger partial charge on any atom is -0.447 e. The van der Waals surface area contributed by atoms with E-state index in [0.29, 0.717) is 16.8 Å². The number of nitrogens with zero attached hydrogens (tertiary/aromatic N) is 2. The Morgan fingerprint density at radius 3 is 2.81 bits per heavy atom. The fraction of sp³-hybridized carbons (Fsp3) is 0.227. The van der Waals surface area contributed by atoms with Crippen molar-refractivity contribution in [3.05, 3.63) is 69.5 Å². The van der Waals surface area contributed by atoms with E-state index in [1.165, 1.54) is 23.2 Å². The number of benzene rings is 2. The summed E-state index contributed by atoms with van der Waals surface area (Å²) in [4.78, 5) is 29.9. The number of ether oxygens (including phenoxy) is 1. The van der Waals surface area contributed by atoms with Crippen LogP contribution in [0.2, 0.25) is 5.02 Å². The lowest BCUT2D eigenvalue weighted by atomic mass is 10.1. The van der Waals surface area contributed by atoms with Gasteiger partial charge in [-0.2, -0.15) is 0 Å². The number of nitrogens with one attached hydrogen (secondary N) is 1. The highest BCUT2D eigenvalue weighted by atomic mass is 79.9. The summed E-state index contributed by atoms with van der Waals surface area (Å²) in [5.74, 6) is -0.209. The Labute approximate surface area is 192 Å². The molecule has 0 unspecified atom stereocenters. The predicted octanol–water partition coefficient (Wildman–Crippen LogP) is 5.43. The van der Waals surface area contributed by atoms with Crippen LogP contribution in [0.1, 0.15) is 12.0 Å². The molecule has 1 N–H and O–H groups in total. The number of fused-ring (bicyclic) bond motifs is 1. The first-order valence-electron chi connectivity index (χ1n) is 9.49. The van der Waals surface area contributed by atoms with Gasteiger partial charge in [0.25, 0.3) is 0 Å². The molecule has 6 nitrogen and oxygen atoms in total. The lowest BCUT2D eigenvalue weighted by Gasteiger charge is -2.17. The number of hydrogen-bond donors (Lipinski definition) is 1. The summed E-state index contributed by atoms with van der Waals surface area (Å²) in [6.45, 7) is 0.267. The second-order valence-electron chi connectivity index (χ2n) is 6.87. The van der Waals surface area contributed by atoms with E-state index < -0.39 is 6.09 Å². The van der Waals surface area contributed by atoms with Gasteiger partial charge in [0.15, 0.2) is 0 Å². The van der Waals surface area contributed by atoms with Crippen LogP contribution in [-0.4, -0.2) is 42.1 Å². The zero-order valence-electron chi connectivity index (χ0n) is 16.7. The third-order valence-corrected chi connectivity index (χ3v) is 5.48. The average Bonchev–Trinajstić information content (AvgIpc) is 2.73. The van der Waals surface area contributed by atoms with Gasteiger partial charge in [0.2, 0.25) is 5.91 Å². The Morgan fingerprint density at radius 2 is 2.00 bits per heavy atom. The van der Waals surface area contributed by atoms with Crippen LogP contribution in [0, 0.1) is 5.82 Å². The number of aryl methyl sites for hydroxylation is 1. The van der Waals surface area contributed by atoms with Gasteiger partial charge in [0.05, 0.1) is 6.54 Å². The normalized spacial score (nSPS) is 10.7. The molecule has 2 aromatic carbocycles. The van der Waals surface area contributed by atoms with Crippen molar-refractivity contribution < 1.29 is 18.7 Å². The van der Waals surface area contributed by atoms with E-state index in [2.05, 4.69) is 26.2 Å². The van der Waals surface area contributed by atoms with Crippen LogP contribution in [0.5, 0.6) is 0 Å². The summed E-state index contributed by atoms with van der Waals surface area (Å²) in [6, 6.07) is 11.4. The molecule has 0 saturated heterocycles. The minimum atomic E-state index is -0.704. The third kappa shape index (κ3) is 6.63. The van der Waals surface area contributed by atoms with Crippen LogP contribution < -0.4 is 5.32 Å². The number of carbonyl (C=O) groups is 2. The Morgan fingerprint density at radius 1 is 1.19 bits per heavy atom. The summed E-state index contributed by atoms with van der Waals surface area (Å²) in [6.07, 6.45) is 1.63. The SMILES string of the molecule is CN(CCOC(=O)Nc1cc2cc(F)ccc2cn1)C(=O)CCc1cc(Br)ccc1Cl. The first-order valence-corrected chi connectivity index (χ1v) is 10.7. The quantitative estimate of drug-likeness (QED) is 0.462.